The van der Waals surface area contributed by atoms with Crippen molar-refractivity contribution in [1.82, 2.24) is 5.32 Å². The van der Waals surface area contributed by atoms with Crippen LogP contribution in [-0.4, -0.2) is 23.9 Å². The molecule has 0 bridgehead atoms. The van der Waals surface area contributed by atoms with Gasteiger partial charge in [-0.1, -0.05) is 6.92 Å². The van der Waals surface area contributed by atoms with Crippen molar-refractivity contribution in [2.75, 3.05) is 13.1 Å². The number of nitro benzene ring substituents is 1. The van der Waals surface area contributed by atoms with E-state index in [4.69, 9.17) is 5.73 Å². The van der Waals surface area contributed by atoms with Crippen LogP contribution in [0.15, 0.2) is 12.1 Å². The summed E-state index contributed by atoms with van der Waals surface area (Å²) in [5.41, 5.74) is 4.87. The van der Waals surface area contributed by atoms with Crippen LogP contribution in [0.3, 0.4) is 0 Å². The van der Waals surface area contributed by atoms with E-state index >= 15 is 0 Å². The summed E-state index contributed by atoms with van der Waals surface area (Å²) >= 11 is 0. The molecule has 0 saturated heterocycles. The second kappa shape index (κ2) is 6.24. The lowest BCUT2D eigenvalue weighted by molar-refractivity contribution is -0.385. The van der Waals surface area contributed by atoms with Crippen LogP contribution in [0.2, 0.25) is 0 Å². The maximum Gasteiger partial charge on any atom is 0.285 e. The minimum Gasteiger partial charge on any atom is -0.351 e. The Kier molecular flexibility index (Phi) is 4.94. The molecule has 1 aromatic rings. The van der Waals surface area contributed by atoms with Crippen LogP contribution >= 0.6 is 0 Å². The fraction of sp³-hybridized carbons (Fsp3) is 0.417. The first-order chi connectivity index (χ1) is 8.86. The van der Waals surface area contributed by atoms with Gasteiger partial charge >= 0.3 is 0 Å². The normalized spacial score (nSPS) is 12.0. The third-order valence-corrected chi connectivity index (χ3v) is 2.71. The molecule has 3 N–H and O–H groups in total. The molecule has 0 aliphatic heterocycles. The second-order valence-electron chi connectivity index (χ2n) is 4.43. The molecular weight excluding hydrogens is 253 g/mol. The van der Waals surface area contributed by atoms with Crippen molar-refractivity contribution in [1.29, 1.82) is 0 Å². The highest BCUT2D eigenvalue weighted by Gasteiger charge is 2.24. The molecule has 0 fully saturated rings. The number of hydrogen-bond donors (Lipinski definition) is 2. The molecule has 1 amide bonds. The van der Waals surface area contributed by atoms with Gasteiger partial charge < -0.3 is 11.1 Å². The van der Waals surface area contributed by atoms with Crippen LogP contribution in [0.4, 0.5) is 10.1 Å². The van der Waals surface area contributed by atoms with Gasteiger partial charge in [0, 0.05) is 12.1 Å². The number of aryl methyl sites for hydroxylation is 1. The van der Waals surface area contributed by atoms with E-state index in [1.54, 1.807) is 0 Å². The predicted molar refractivity (Wildman–Crippen MR) is 68.3 cm³/mol. The highest BCUT2D eigenvalue weighted by molar-refractivity contribution is 5.98. The van der Waals surface area contributed by atoms with Crippen molar-refractivity contribution >= 4 is 11.6 Å². The van der Waals surface area contributed by atoms with Gasteiger partial charge in [-0.25, -0.2) is 4.39 Å². The van der Waals surface area contributed by atoms with E-state index in [-0.39, 0.29) is 29.3 Å². The zero-order valence-corrected chi connectivity index (χ0v) is 10.8. The molecule has 0 aliphatic carbocycles. The Morgan fingerprint density at radius 2 is 2.21 bits per heavy atom. The summed E-state index contributed by atoms with van der Waals surface area (Å²) in [7, 11) is 0. The smallest absolute Gasteiger partial charge is 0.285 e. The number of carbonyl (C=O) groups is 1. The van der Waals surface area contributed by atoms with Crippen molar-refractivity contribution in [3.05, 3.63) is 39.2 Å². The molecule has 19 heavy (non-hydrogen) atoms. The fourth-order valence-corrected chi connectivity index (χ4v) is 1.60. The average Bonchev–Trinajstić information content (AvgIpc) is 2.33. The van der Waals surface area contributed by atoms with E-state index in [2.05, 4.69) is 5.32 Å². The summed E-state index contributed by atoms with van der Waals surface area (Å²) in [5.74, 6) is -1.31. The summed E-state index contributed by atoms with van der Waals surface area (Å²) in [6.07, 6.45) is 0. The largest absolute Gasteiger partial charge is 0.351 e. The quantitative estimate of drug-likeness (QED) is 0.623. The molecule has 0 radical (unpaired) electrons. The maximum absolute atomic E-state index is 13.3. The lowest BCUT2D eigenvalue weighted by Crippen LogP contribution is -2.31. The van der Waals surface area contributed by atoms with Gasteiger partial charge in [-0.05, 0) is 31.5 Å². The Bertz CT molecular complexity index is 505. The van der Waals surface area contributed by atoms with Gasteiger partial charge in [-0.15, -0.1) is 0 Å². The Balaban J connectivity index is 3.05. The van der Waals surface area contributed by atoms with Gasteiger partial charge in [0.05, 0.1) is 4.92 Å². The summed E-state index contributed by atoms with van der Waals surface area (Å²) in [6.45, 7) is 3.87. The summed E-state index contributed by atoms with van der Waals surface area (Å²) in [5, 5.41) is 13.4. The Hall–Kier alpha value is -2.02. The predicted octanol–water partition coefficient (Wildman–Crippen LogP) is 1.37. The molecule has 0 aromatic heterocycles. The Labute approximate surface area is 109 Å². The highest BCUT2D eigenvalue weighted by atomic mass is 19.1. The minimum absolute atomic E-state index is 0.0395. The fourth-order valence-electron chi connectivity index (χ4n) is 1.60. The summed E-state index contributed by atoms with van der Waals surface area (Å²) in [6, 6.07) is 1.89. The number of nitrogens with two attached hydrogens (primary N) is 1. The number of hydrogen-bond acceptors (Lipinski definition) is 4. The molecule has 1 rings (SSSR count). The molecule has 104 valence electrons. The minimum atomic E-state index is -0.684. The first kappa shape index (κ1) is 15.0. The van der Waals surface area contributed by atoms with Crippen LogP contribution in [0.25, 0.3) is 0 Å². The molecule has 1 aromatic carbocycles. The monoisotopic (exact) mass is 269 g/mol. The average molecular weight is 269 g/mol. The zero-order valence-electron chi connectivity index (χ0n) is 10.8. The molecule has 6 nitrogen and oxygen atoms in total. The van der Waals surface area contributed by atoms with E-state index in [1.807, 2.05) is 6.92 Å². The van der Waals surface area contributed by atoms with Crippen molar-refractivity contribution in [2.24, 2.45) is 11.7 Å². The first-order valence-corrected chi connectivity index (χ1v) is 5.79. The van der Waals surface area contributed by atoms with E-state index < -0.39 is 16.6 Å². The number of rotatable bonds is 5. The van der Waals surface area contributed by atoms with E-state index in [0.717, 1.165) is 12.1 Å². The van der Waals surface area contributed by atoms with Crippen LogP contribution < -0.4 is 11.1 Å². The van der Waals surface area contributed by atoms with Gasteiger partial charge in [0.2, 0.25) is 0 Å². The molecule has 0 aliphatic rings. The maximum atomic E-state index is 13.3. The number of halogens is 1. The van der Waals surface area contributed by atoms with Crippen LogP contribution in [0.5, 0.6) is 0 Å². The number of nitrogens with zero attached hydrogens (tertiary/aromatic N) is 1. The second-order valence-corrected chi connectivity index (χ2v) is 4.43. The van der Waals surface area contributed by atoms with Crippen LogP contribution in [0, 0.1) is 28.8 Å². The van der Waals surface area contributed by atoms with E-state index in [1.165, 1.54) is 6.92 Å². The van der Waals surface area contributed by atoms with E-state index in [9.17, 15) is 19.3 Å². The van der Waals surface area contributed by atoms with Crippen molar-refractivity contribution in [3.63, 3.8) is 0 Å². The molecule has 0 saturated carbocycles. The SMILES string of the molecule is Cc1cc(F)cc(C(=O)NCC(C)CN)c1[N+](=O)[O-]. The highest BCUT2D eigenvalue weighted by Crippen LogP contribution is 2.24. The third-order valence-electron chi connectivity index (χ3n) is 2.71. The van der Waals surface area contributed by atoms with Crippen molar-refractivity contribution in [3.8, 4) is 0 Å². The van der Waals surface area contributed by atoms with Crippen LogP contribution in [0.1, 0.15) is 22.8 Å². The third kappa shape index (κ3) is 3.72. The number of carbonyl (C=O) groups excluding carboxylic acids is 1. The summed E-state index contributed by atoms with van der Waals surface area (Å²) < 4.78 is 13.3. The Morgan fingerprint density at radius 1 is 1.58 bits per heavy atom. The Morgan fingerprint density at radius 3 is 2.74 bits per heavy atom. The number of nitrogens with one attached hydrogen (secondary N) is 1. The number of nitro groups is 1. The molecule has 0 spiro atoms. The van der Waals surface area contributed by atoms with Gasteiger partial charge in [0.15, 0.2) is 0 Å². The molecule has 0 heterocycles. The van der Waals surface area contributed by atoms with Gasteiger partial charge in [0.1, 0.15) is 11.4 Å². The molecule has 1 unspecified atom stereocenters. The van der Waals surface area contributed by atoms with E-state index in [0.29, 0.717) is 6.54 Å². The van der Waals surface area contributed by atoms with Gasteiger partial charge in [-0.3, -0.25) is 14.9 Å². The molecule has 1 atom stereocenters. The van der Waals surface area contributed by atoms with Gasteiger partial charge in [-0.2, -0.15) is 0 Å². The summed E-state index contributed by atoms with van der Waals surface area (Å²) in [4.78, 5) is 22.1. The lowest BCUT2D eigenvalue weighted by Gasteiger charge is -2.11. The lowest BCUT2D eigenvalue weighted by atomic mass is 10.1. The topological polar surface area (TPSA) is 98.3 Å². The number of amides is 1. The van der Waals surface area contributed by atoms with Gasteiger partial charge in [0.25, 0.3) is 11.6 Å². The van der Waals surface area contributed by atoms with Crippen molar-refractivity contribution < 1.29 is 14.1 Å². The zero-order chi connectivity index (χ0) is 14.6. The molecule has 7 heteroatoms. The van der Waals surface area contributed by atoms with Crippen molar-refractivity contribution in [2.45, 2.75) is 13.8 Å². The number of benzene rings is 1. The standard InChI is InChI=1S/C12H16FN3O3/c1-7(5-14)6-15-12(17)10-4-9(13)3-8(2)11(10)16(18)19/h3-4,7H,5-6,14H2,1-2H3,(H,15,17). The first-order valence-electron chi connectivity index (χ1n) is 5.79. The molecular formula is C12H16FN3O3. The van der Waals surface area contributed by atoms with Crippen LogP contribution in [-0.2, 0) is 0 Å².